The van der Waals surface area contributed by atoms with E-state index in [0.717, 1.165) is 6.54 Å². The predicted molar refractivity (Wildman–Crippen MR) is 74.0 cm³/mol. The van der Waals surface area contributed by atoms with Crippen LogP contribution in [0.3, 0.4) is 0 Å². The van der Waals surface area contributed by atoms with Crippen molar-refractivity contribution in [1.82, 2.24) is 9.55 Å². The summed E-state index contributed by atoms with van der Waals surface area (Å²) in [6, 6.07) is 0. The maximum atomic E-state index is 4.07. The van der Waals surface area contributed by atoms with E-state index in [9.17, 15) is 0 Å². The minimum atomic E-state index is 0.582. The molecule has 1 rings (SSSR count). The fourth-order valence-corrected chi connectivity index (χ4v) is 2.85. The molecule has 0 saturated carbocycles. The molecule has 0 aromatic carbocycles. The highest BCUT2D eigenvalue weighted by Gasteiger charge is 2.21. The van der Waals surface area contributed by atoms with Crippen molar-refractivity contribution in [1.29, 1.82) is 0 Å². The third-order valence-electron chi connectivity index (χ3n) is 3.71. The Balaban J connectivity index is 2.22. The summed E-state index contributed by atoms with van der Waals surface area (Å²) in [6.45, 7) is 8.20. The van der Waals surface area contributed by atoms with Crippen LogP contribution in [0.25, 0.3) is 0 Å². The van der Waals surface area contributed by atoms with E-state index in [1.807, 2.05) is 12.5 Å². The van der Waals surface area contributed by atoms with Crippen LogP contribution in [0.2, 0.25) is 0 Å². The Bertz CT molecular complexity index is 271. The number of aromatic nitrogens is 2. The van der Waals surface area contributed by atoms with E-state index in [1.54, 1.807) is 0 Å². The molecule has 2 nitrogen and oxygen atoms in total. The number of hydrogen-bond donors (Lipinski definition) is 0. The molecule has 0 saturated heterocycles. The highest BCUT2D eigenvalue weighted by molar-refractivity contribution is 4.75. The summed E-state index contributed by atoms with van der Waals surface area (Å²) in [5, 5.41) is 0. The Hall–Kier alpha value is -0.790. The number of unbranched alkanes of at least 4 members (excludes halogenated alkanes) is 1. The largest absolute Gasteiger partial charge is 0.337 e. The van der Waals surface area contributed by atoms with Gasteiger partial charge in [0, 0.05) is 18.9 Å². The summed E-state index contributed by atoms with van der Waals surface area (Å²) < 4.78 is 2.18. The summed E-state index contributed by atoms with van der Waals surface area (Å²) in [6.07, 6.45) is 15.2. The fraction of sp³-hybridized carbons (Fsp3) is 0.800. The second-order valence-corrected chi connectivity index (χ2v) is 5.57. The molecule has 0 aliphatic heterocycles. The van der Waals surface area contributed by atoms with Crippen molar-refractivity contribution in [3.8, 4) is 0 Å². The highest BCUT2D eigenvalue weighted by atomic mass is 15.0. The average molecular weight is 236 g/mol. The zero-order valence-corrected chi connectivity index (χ0v) is 11.8. The van der Waals surface area contributed by atoms with Crippen LogP contribution in [0.15, 0.2) is 18.7 Å². The third kappa shape index (κ3) is 5.38. The SMILES string of the molecule is CCCC(C)(CCC)CCCCn1ccnc1. The van der Waals surface area contributed by atoms with E-state index in [-0.39, 0.29) is 0 Å². The van der Waals surface area contributed by atoms with Crippen LogP contribution in [-0.2, 0) is 6.54 Å². The molecule has 0 unspecified atom stereocenters. The van der Waals surface area contributed by atoms with E-state index in [0.29, 0.717) is 5.41 Å². The Morgan fingerprint density at radius 1 is 1.06 bits per heavy atom. The van der Waals surface area contributed by atoms with E-state index >= 15 is 0 Å². The molecule has 1 aromatic heterocycles. The van der Waals surface area contributed by atoms with Gasteiger partial charge in [0.1, 0.15) is 0 Å². The van der Waals surface area contributed by atoms with Gasteiger partial charge in [-0.1, -0.05) is 40.0 Å². The first-order valence-electron chi connectivity index (χ1n) is 7.16. The van der Waals surface area contributed by atoms with Crippen molar-refractivity contribution >= 4 is 0 Å². The van der Waals surface area contributed by atoms with Crippen LogP contribution in [0.1, 0.15) is 65.7 Å². The standard InChI is InChI=1S/C15H28N2/c1-4-8-15(3,9-5-2)10-6-7-12-17-13-11-16-14-17/h11,13-14H,4-10,12H2,1-3H3. The average Bonchev–Trinajstić information content (AvgIpc) is 2.78. The summed E-state index contributed by atoms with van der Waals surface area (Å²) >= 11 is 0. The topological polar surface area (TPSA) is 17.8 Å². The van der Waals surface area contributed by atoms with Gasteiger partial charge in [0.25, 0.3) is 0 Å². The lowest BCUT2D eigenvalue weighted by atomic mass is 9.77. The van der Waals surface area contributed by atoms with Gasteiger partial charge in [-0.05, 0) is 31.1 Å². The molecule has 1 aromatic rings. The molecule has 1 heterocycles. The van der Waals surface area contributed by atoms with Crippen LogP contribution in [-0.4, -0.2) is 9.55 Å². The molecule has 0 fully saturated rings. The molecule has 0 amide bonds. The zero-order valence-electron chi connectivity index (χ0n) is 11.8. The van der Waals surface area contributed by atoms with Crippen molar-refractivity contribution in [3.63, 3.8) is 0 Å². The number of nitrogens with zero attached hydrogens (tertiary/aromatic N) is 2. The molecule has 2 heteroatoms. The lowest BCUT2D eigenvalue weighted by Gasteiger charge is -2.29. The fourth-order valence-electron chi connectivity index (χ4n) is 2.85. The first-order chi connectivity index (χ1) is 8.20. The number of hydrogen-bond acceptors (Lipinski definition) is 1. The third-order valence-corrected chi connectivity index (χ3v) is 3.71. The van der Waals surface area contributed by atoms with E-state index in [1.165, 1.54) is 44.9 Å². The summed E-state index contributed by atoms with van der Waals surface area (Å²) in [5.41, 5.74) is 0.582. The monoisotopic (exact) mass is 236 g/mol. The summed E-state index contributed by atoms with van der Waals surface area (Å²) in [5.74, 6) is 0. The van der Waals surface area contributed by atoms with Crippen LogP contribution in [0.4, 0.5) is 0 Å². The lowest BCUT2D eigenvalue weighted by molar-refractivity contribution is 0.234. The van der Waals surface area contributed by atoms with Gasteiger partial charge in [-0.3, -0.25) is 0 Å². The maximum Gasteiger partial charge on any atom is 0.0945 e. The molecular weight excluding hydrogens is 208 g/mol. The van der Waals surface area contributed by atoms with Crippen molar-refractivity contribution in [2.75, 3.05) is 0 Å². The first-order valence-corrected chi connectivity index (χ1v) is 7.16. The molecule has 0 spiro atoms. The van der Waals surface area contributed by atoms with Crippen molar-refractivity contribution in [3.05, 3.63) is 18.7 Å². The molecule has 0 aliphatic carbocycles. The van der Waals surface area contributed by atoms with E-state index in [4.69, 9.17) is 0 Å². The van der Waals surface area contributed by atoms with Gasteiger partial charge >= 0.3 is 0 Å². The van der Waals surface area contributed by atoms with Crippen molar-refractivity contribution in [2.24, 2.45) is 5.41 Å². The normalized spacial score (nSPS) is 11.9. The molecule has 0 N–H and O–H groups in total. The van der Waals surface area contributed by atoms with Crippen LogP contribution in [0, 0.1) is 5.41 Å². The Kier molecular flexibility index (Phi) is 6.31. The van der Waals surface area contributed by atoms with Crippen LogP contribution >= 0.6 is 0 Å². The number of imidazole rings is 1. The van der Waals surface area contributed by atoms with Gasteiger partial charge < -0.3 is 4.57 Å². The Morgan fingerprint density at radius 3 is 2.29 bits per heavy atom. The molecule has 0 aliphatic rings. The van der Waals surface area contributed by atoms with Gasteiger partial charge in [0.05, 0.1) is 6.33 Å². The van der Waals surface area contributed by atoms with Crippen molar-refractivity contribution in [2.45, 2.75) is 72.3 Å². The molecule has 0 atom stereocenters. The molecule has 0 radical (unpaired) electrons. The minimum absolute atomic E-state index is 0.582. The maximum absolute atomic E-state index is 4.07. The van der Waals surface area contributed by atoms with Gasteiger partial charge in [-0.15, -0.1) is 0 Å². The van der Waals surface area contributed by atoms with Crippen LogP contribution in [0.5, 0.6) is 0 Å². The molecule has 98 valence electrons. The quantitative estimate of drug-likeness (QED) is 0.570. The second kappa shape index (κ2) is 7.52. The predicted octanol–water partition coefficient (Wildman–Crippen LogP) is 4.66. The van der Waals surface area contributed by atoms with Gasteiger partial charge in [-0.25, -0.2) is 4.98 Å². The Labute approximate surface area is 106 Å². The summed E-state index contributed by atoms with van der Waals surface area (Å²) in [4.78, 5) is 4.07. The molecule has 0 bridgehead atoms. The smallest absolute Gasteiger partial charge is 0.0945 e. The lowest BCUT2D eigenvalue weighted by Crippen LogP contribution is -2.16. The summed E-state index contributed by atoms with van der Waals surface area (Å²) in [7, 11) is 0. The molecular formula is C15H28N2. The molecule has 17 heavy (non-hydrogen) atoms. The van der Waals surface area contributed by atoms with Gasteiger partial charge in [-0.2, -0.15) is 0 Å². The van der Waals surface area contributed by atoms with E-state index < -0.39 is 0 Å². The first kappa shape index (κ1) is 14.3. The van der Waals surface area contributed by atoms with E-state index in [2.05, 4.69) is 36.5 Å². The van der Waals surface area contributed by atoms with Crippen molar-refractivity contribution < 1.29 is 0 Å². The van der Waals surface area contributed by atoms with Gasteiger partial charge in [0.15, 0.2) is 0 Å². The number of aryl methyl sites for hydroxylation is 1. The zero-order chi connectivity index (χ0) is 12.6. The number of rotatable bonds is 9. The Morgan fingerprint density at radius 2 is 1.76 bits per heavy atom. The second-order valence-electron chi connectivity index (χ2n) is 5.57. The minimum Gasteiger partial charge on any atom is -0.337 e. The van der Waals surface area contributed by atoms with Crippen LogP contribution < -0.4 is 0 Å². The van der Waals surface area contributed by atoms with Gasteiger partial charge in [0.2, 0.25) is 0 Å². The highest BCUT2D eigenvalue weighted by Crippen LogP contribution is 2.34.